The number of aromatic nitrogens is 3. The molecule has 0 aliphatic carbocycles. The van der Waals surface area contributed by atoms with Crippen molar-refractivity contribution in [3.8, 4) is 5.75 Å². The summed E-state index contributed by atoms with van der Waals surface area (Å²) in [6.45, 7) is 7.52. The van der Waals surface area contributed by atoms with Crippen LogP contribution in [-0.4, -0.2) is 37.9 Å². The largest absolute Gasteiger partial charge is 0.485 e. The van der Waals surface area contributed by atoms with Gasteiger partial charge in [0.15, 0.2) is 0 Å². The molecular formula is C26H29BrN4O4. The first kappa shape index (κ1) is 24.9. The van der Waals surface area contributed by atoms with Crippen LogP contribution in [0, 0.1) is 0 Å². The molecule has 4 rings (SSSR count). The van der Waals surface area contributed by atoms with E-state index in [4.69, 9.17) is 9.47 Å². The average Bonchev–Trinajstić information content (AvgIpc) is 2.81. The minimum absolute atomic E-state index is 0.211. The number of amides is 1. The van der Waals surface area contributed by atoms with E-state index in [1.165, 1.54) is 16.3 Å². The average molecular weight is 541 g/mol. The first-order valence-electron chi connectivity index (χ1n) is 11.6. The molecule has 0 N–H and O–H groups in total. The van der Waals surface area contributed by atoms with Crippen LogP contribution in [0.3, 0.4) is 0 Å². The van der Waals surface area contributed by atoms with Gasteiger partial charge in [0, 0.05) is 36.4 Å². The first-order chi connectivity index (χ1) is 16.7. The van der Waals surface area contributed by atoms with Gasteiger partial charge < -0.3 is 14.4 Å². The third-order valence-corrected chi connectivity index (χ3v) is 6.04. The van der Waals surface area contributed by atoms with E-state index in [9.17, 15) is 9.59 Å². The molecule has 0 atom stereocenters. The van der Waals surface area contributed by atoms with Crippen LogP contribution in [0.1, 0.15) is 43.2 Å². The van der Waals surface area contributed by atoms with Crippen molar-refractivity contribution in [1.82, 2.24) is 19.7 Å². The second-order valence-electron chi connectivity index (χ2n) is 9.51. The highest BCUT2D eigenvalue weighted by Gasteiger charge is 2.25. The van der Waals surface area contributed by atoms with E-state index in [0.29, 0.717) is 31.8 Å². The third-order valence-electron chi connectivity index (χ3n) is 5.57. The van der Waals surface area contributed by atoms with Crippen molar-refractivity contribution in [2.75, 3.05) is 6.54 Å². The Kier molecular flexibility index (Phi) is 7.54. The summed E-state index contributed by atoms with van der Waals surface area (Å²) >= 11 is 3.35. The number of aryl methyl sites for hydroxylation is 2. The van der Waals surface area contributed by atoms with Gasteiger partial charge in [-0.2, -0.15) is 5.10 Å². The molecule has 3 aromatic rings. The van der Waals surface area contributed by atoms with Crippen molar-refractivity contribution >= 4 is 22.0 Å². The van der Waals surface area contributed by atoms with Crippen molar-refractivity contribution < 1.29 is 14.3 Å². The Morgan fingerprint density at radius 3 is 2.66 bits per heavy atom. The smallest absolute Gasteiger partial charge is 0.410 e. The molecule has 1 aromatic carbocycles. The Morgan fingerprint density at radius 1 is 1.11 bits per heavy atom. The van der Waals surface area contributed by atoms with E-state index >= 15 is 0 Å². The van der Waals surface area contributed by atoms with Crippen molar-refractivity contribution in [1.29, 1.82) is 0 Å². The van der Waals surface area contributed by atoms with Crippen LogP contribution >= 0.6 is 15.9 Å². The highest BCUT2D eigenvalue weighted by Crippen LogP contribution is 2.22. The fourth-order valence-electron chi connectivity index (χ4n) is 3.79. The molecule has 1 amide bonds. The zero-order chi connectivity index (χ0) is 25.0. The van der Waals surface area contributed by atoms with Crippen LogP contribution in [0.2, 0.25) is 0 Å². The molecule has 35 heavy (non-hydrogen) atoms. The lowest BCUT2D eigenvalue weighted by atomic mass is 9.96. The topological polar surface area (TPSA) is 86.6 Å². The van der Waals surface area contributed by atoms with Gasteiger partial charge in [-0.1, -0.05) is 18.2 Å². The van der Waals surface area contributed by atoms with Gasteiger partial charge in [-0.25, -0.2) is 9.48 Å². The molecule has 184 valence electrons. The molecule has 0 fully saturated rings. The van der Waals surface area contributed by atoms with Crippen molar-refractivity contribution in [3.63, 3.8) is 0 Å². The minimum atomic E-state index is -0.506. The molecule has 2 aromatic heterocycles. The molecule has 0 saturated heterocycles. The summed E-state index contributed by atoms with van der Waals surface area (Å²) in [5.74, 6) is 0.416. The minimum Gasteiger partial charge on any atom is -0.485 e. The predicted molar refractivity (Wildman–Crippen MR) is 135 cm³/mol. The van der Waals surface area contributed by atoms with Crippen molar-refractivity contribution in [3.05, 3.63) is 86.0 Å². The van der Waals surface area contributed by atoms with Gasteiger partial charge in [0.2, 0.25) is 0 Å². The lowest BCUT2D eigenvalue weighted by molar-refractivity contribution is 0.0224. The SMILES string of the molecule is CC(C)(C)OC(=O)N1CCc2cc(CCn3ncc(OCc4ccc(Br)cn4)cc3=O)ccc2C1. The summed E-state index contributed by atoms with van der Waals surface area (Å²) in [6.07, 6.45) is 4.43. The van der Waals surface area contributed by atoms with E-state index in [0.717, 1.165) is 27.7 Å². The van der Waals surface area contributed by atoms with Crippen LogP contribution in [0.15, 0.2) is 58.1 Å². The highest BCUT2D eigenvalue weighted by atomic mass is 79.9. The van der Waals surface area contributed by atoms with Crippen molar-refractivity contribution in [2.45, 2.75) is 58.9 Å². The van der Waals surface area contributed by atoms with E-state index in [1.807, 2.05) is 39.0 Å². The standard InChI is InChI=1S/C26H29BrN4O4/c1-26(2,3)35-25(33)30-10-9-19-12-18(4-5-20(19)16-30)8-11-31-24(32)13-23(15-29-31)34-17-22-7-6-21(27)14-28-22/h4-7,12-15H,8-11,16-17H2,1-3H3. The van der Waals surface area contributed by atoms with Crippen LogP contribution in [0.4, 0.5) is 4.79 Å². The second-order valence-corrected chi connectivity index (χ2v) is 10.4. The number of ether oxygens (including phenoxy) is 2. The molecule has 8 nitrogen and oxygen atoms in total. The highest BCUT2D eigenvalue weighted by molar-refractivity contribution is 9.10. The number of benzene rings is 1. The monoisotopic (exact) mass is 540 g/mol. The van der Waals surface area contributed by atoms with E-state index in [2.05, 4.69) is 38.1 Å². The Bertz CT molecular complexity index is 1250. The van der Waals surface area contributed by atoms with Gasteiger partial charge in [0.1, 0.15) is 18.0 Å². The van der Waals surface area contributed by atoms with E-state index in [1.54, 1.807) is 17.3 Å². The lowest BCUT2D eigenvalue weighted by Crippen LogP contribution is -2.39. The predicted octanol–water partition coefficient (Wildman–Crippen LogP) is 4.52. The van der Waals surface area contributed by atoms with Crippen LogP contribution in [0.5, 0.6) is 5.75 Å². The molecule has 0 spiro atoms. The van der Waals surface area contributed by atoms with Gasteiger partial charge in [-0.05, 0) is 78.4 Å². The summed E-state index contributed by atoms with van der Waals surface area (Å²) in [6, 6.07) is 11.5. The van der Waals surface area contributed by atoms with Crippen LogP contribution in [0.25, 0.3) is 0 Å². The van der Waals surface area contributed by atoms with E-state index in [-0.39, 0.29) is 18.3 Å². The second kappa shape index (κ2) is 10.6. The van der Waals surface area contributed by atoms with Crippen LogP contribution < -0.4 is 10.3 Å². The molecule has 0 bridgehead atoms. The maximum absolute atomic E-state index is 12.5. The lowest BCUT2D eigenvalue weighted by Gasteiger charge is -2.31. The Balaban J connectivity index is 1.32. The fourth-order valence-corrected chi connectivity index (χ4v) is 4.03. The summed E-state index contributed by atoms with van der Waals surface area (Å²) in [5.41, 5.74) is 3.53. The number of pyridine rings is 1. The summed E-state index contributed by atoms with van der Waals surface area (Å²) in [4.78, 5) is 30.9. The van der Waals surface area contributed by atoms with Crippen LogP contribution in [-0.2, 0) is 37.3 Å². The zero-order valence-electron chi connectivity index (χ0n) is 20.2. The number of hydrogen-bond acceptors (Lipinski definition) is 6. The first-order valence-corrected chi connectivity index (χ1v) is 12.3. The Morgan fingerprint density at radius 2 is 1.94 bits per heavy atom. The molecular weight excluding hydrogens is 512 g/mol. The van der Waals surface area contributed by atoms with Crippen molar-refractivity contribution in [2.24, 2.45) is 0 Å². The third kappa shape index (κ3) is 6.91. The molecule has 9 heteroatoms. The van der Waals surface area contributed by atoms with Gasteiger partial charge in [-0.15, -0.1) is 0 Å². The Hall–Kier alpha value is -3.20. The van der Waals surface area contributed by atoms with Gasteiger partial charge in [0.25, 0.3) is 5.56 Å². The van der Waals surface area contributed by atoms with Gasteiger partial charge in [0.05, 0.1) is 11.9 Å². The molecule has 1 aliphatic heterocycles. The summed E-state index contributed by atoms with van der Waals surface area (Å²) in [5, 5.41) is 4.26. The number of halogens is 1. The quantitative estimate of drug-likeness (QED) is 0.457. The zero-order valence-corrected chi connectivity index (χ0v) is 21.7. The molecule has 3 heterocycles. The molecule has 0 saturated carbocycles. The number of carbonyl (C=O) groups is 1. The number of nitrogens with zero attached hydrogens (tertiary/aromatic N) is 4. The molecule has 0 radical (unpaired) electrons. The number of rotatable bonds is 6. The number of carbonyl (C=O) groups excluding carboxylic acids is 1. The van der Waals surface area contributed by atoms with Gasteiger partial charge >= 0.3 is 6.09 Å². The maximum Gasteiger partial charge on any atom is 0.410 e. The summed E-state index contributed by atoms with van der Waals surface area (Å²) < 4.78 is 13.5. The molecule has 1 aliphatic rings. The normalized spacial score (nSPS) is 13.3. The Labute approximate surface area is 213 Å². The summed E-state index contributed by atoms with van der Waals surface area (Å²) in [7, 11) is 0. The number of hydrogen-bond donors (Lipinski definition) is 0. The maximum atomic E-state index is 12.5. The van der Waals surface area contributed by atoms with Gasteiger partial charge in [-0.3, -0.25) is 9.78 Å². The fraction of sp³-hybridized carbons (Fsp3) is 0.385. The van der Waals surface area contributed by atoms with E-state index < -0.39 is 5.60 Å². The molecule has 0 unspecified atom stereocenters. The number of fused-ring (bicyclic) bond motifs is 1.